The summed E-state index contributed by atoms with van der Waals surface area (Å²) in [5.74, 6) is 2.45. The molecule has 2 fully saturated rings. The molecule has 1 atom stereocenters. The molecule has 0 radical (unpaired) electrons. The number of nitrogens with zero attached hydrogens (tertiary/aromatic N) is 1. The van der Waals surface area contributed by atoms with E-state index >= 15 is 0 Å². The highest BCUT2D eigenvalue weighted by Gasteiger charge is 2.30. The van der Waals surface area contributed by atoms with Gasteiger partial charge in [0.1, 0.15) is 0 Å². The van der Waals surface area contributed by atoms with Gasteiger partial charge in [-0.05, 0) is 37.4 Å². The topological polar surface area (TPSA) is 57.6 Å². The Bertz CT molecular complexity index is 307. The molecule has 0 spiro atoms. The van der Waals surface area contributed by atoms with Gasteiger partial charge in [0.2, 0.25) is 5.91 Å². The van der Waals surface area contributed by atoms with E-state index in [1.54, 1.807) is 0 Å². The smallest absolute Gasteiger partial charge is 0.303 e. The molecule has 1 N–H and O–H groups in total. The summed E-state index contributed by atoms with van der Waals surface area (Å²) in [6.07, 6.45) is 3.99. The van der Waals surface area contributed by atoms with Gasteiger partial charge in [0.05, 0.1) is 0 Å². The number of amides is 1. The van der Waals surface area contributed by atoms with E-state index in [1.165, 1.54) is 0 Å². The molecule has 2 heterocycles. The summed E-state index contributed by atoms with van der Waals surface area (Å²) >= 11 is 1.87. The van der Waals surface area contributed by atoms with Crippen LogP contribution in [0.5, 0.6) is 0 Å². The van der Waals surface area contributed by atoms with E-state index in [-0.39, 0.29) is 12.3 Å². The lowest BCUT2D eigenvalue weighted by Gasteiger charge is -2.33. The zero-order valence-corrected chi connectivity index (χ0v) is 11.5. The highest BCUT2D eigenvalue weighted by Crippen LogP contribution is 2.28. The van der Waals surface area contributed by atoms with Crippen molar-refractivity contribution in [1.82, 2.24) is 4.90 Å². The monoisotopic (exact) mass is 271 g/mol. The van der Waals surface area contributed by atoms with E-state index in [9.17, 15) is 9.59 Å². The van der Waals surface area contributed by atoms with Crippen molar-refractivity contribution in [3.63, 3.8) is 0 Å². The van der Waals surface area contributed by atoms with E-state index < -0.39 is 5.97 Å². The molecule has 1 unspecified atom stereocenters. The molecule has 2 rings (SSSR count). The van der Waals surface area contributed by atoms with E-state index in [2.05, 4.69) is 0 Å². The van der Waals surface area contributed by atoms with Gasteiger partial charge < -0.3 is 10.0 Å². The molecule has 2 saturated heterocycles. The van der Waals surface area contributed by atoms with Crippen molar-refractivity contribution in [2.75, 3.05) is 24.6 Å². The van der Waals surface area contributed by atoms with E-state index in [4.69, 9.17) is 5.11 Å². The number of hydrogen-bond acceptors (Lipinski definition) is 3. The van der Waals surface area contributed by atoms with Gasteiger partial charge in [-0.15, -0.1) is 0 Å². The van der Waals surface area contributed by atoms with E-state index in [1.807, 2.05) is 16.7 Å². The zero-order valence-electron chi connectivity index (χ0n) is 10.6. The molecule has 0 bridgehead atoms. The normalized spacial score (nSPS) is 25.3. The van der Waals surface area contributed by atoms with Gasteiger partial charge in [0.15, 0.2) is 0 Å². The van der Waals surface area contributed by atoms with Crippen LogP contribution in [0.1, 0.15) is 32.1 Å². The number of carbonyl (C=O) groups excluding carboxylic acids is 1. The minimum atomic E-state index is -0.712. The van der Waals surface area contributed by atoms with Crippen LogP contribution in [0.4, 0.5) is 0 Å². The zero-order chi connectivity index (χ0) is 13.0. The first-order valence-electron chi connectivity index (χ1n) is 6.75. The van der Waals surface area contributed by atoms with Gasteiger partial charge in [0, 0.05) is 31.2 Å². The van der Waals surface area contributed by atoms with Gasteiger partial charge in [-0.1, -0.05) is 0 Å². The molecule has 2 aliphatic heterocycles. The molecular weight excluding hydrogens is 250 g/mol. The molecule has 0 aliphatic carbocycles. The van der Waals surface area contributed by atoms with Crippen LogP contribution < -0.4 is 0 Å². The molecule has 1 amide bonds. The van der Waals surface area contributed by atoms with E-state index in [0.717, 1.165) is 50.3 Å². The largest absolute Gasteiger partial charge is 0.481 e. The molecular formula is C13H21NO3S. The molecule has 0 aromatic carbocycles. The second-order valence-electron chi connectivity index (χ2n) is 5.26. The van der Waals surface area contributed by atoms with Crippen molar-refractivity contribution >= 4 is 23.6 Å². The third kappa shape index (κ3) is 3.64. The van der Waals surface area contributed by atoms with Crippen molar-refractivity contribution in [2.24, 2.45) is 11.8 Å². The number of carboxylic acid groups (broad SMARTS) is 1. The lowest BCUT2D eigenvalue weighted by Crippen LogP contribution is -2.41. The second-order valence-corrected chi connectivity index (χ2v) is 6.41. The van der Waals surface area contributed by atoms with Crippen LogP contribution in [0.2, 0.25) is 0 Å². The Morgan fingerprint density at radius 3 is 2.50 bits per heavy atom. The van der Waals surface area contributed by atoms with Crippen molar-refractivity contribution < 1.29 is 14.7 Å². The number of carboxylic acids is 1. The first-order valence-corrected chi connectivity index (χ1v) is 7.90. The quantitative estimate of drug-likeness (QED) is 0.847. The maximum Gasteiger partial charge on any atom is 0.303 e. The summed E-state index contributed by atoms with van der Waals surface area (Å²) in [4.78, 5) is 24.7. The Morgan fingerprint density at radius 2 is 1.94 bits per heavy atom. The fourth-order valence-electron chi connectivity index (χ4n) is 2.76. The minimum Gasteiger partial charge on any atom is -0.481 e. The highest BCUT2D eigenvalue weighted by atomic mass is 32.2. The Balaban J connectivity index is 1.72. The van der Waals surface area contributed by atoms with Crippen molar-refractivity contribution in [2.45, 2.75) is 32.1 Å². The van der Waals surface area contributed by atoms with Crippen LogP contribution >= 0.6 is 11.8 Å². The summed E-state index contributed by atoms with van der Waals surface area (Å²) in [5, 5.41) is 8.66. The summed E-state index contributed by atoms with van der Waals surface area (Å²) in [5.41, 5.74) is 0. The Labute approximate surface area is 112 Å². The molecule has 0 aromatic rings. The summed E-state index contributed by atoms with van der Waals surface area (Å²) in [6.45, 7) is 1.65. The van der Waals surface area contributed by atoms with Gasteiger partial charge in [-0.25, -0.2) is 0 Å². The molecule has 102 valence electrons. The van der Waals surface area contributed by atoms with Crippen LogP contribution in [-0.4, -0.2) is 46.5 Å². The van der Waals surface area contributed by atoms with Crippen LogP contribution in [0.3, 0.4) is 0 Å². The third-order valence-electron chi connectivity index (χ3n) is 3.97. The number of thioether (sulfide) groups is 1. The van der Waals surface area contributed by atoms with Gasteiger partial charge >= 0.3 is 5.97 Å². The first kappa shape index (κ1) is 13.7. The van der Waals surface area contributed by atoms with Crippen LogP contribution in [0.15, 0.2) is 0 Å². The fraction of sp³-hybridized carbons (Fsp3) is 0.846. The molecule has 5 heteroatoms. The van der Waals surface area contributed by atoms with Gasteiger partial charge in [-0.3, -0.25) is 9.59 Å². The summed E-state index contributed by atoms with van der Waals surface area (Å²) in [6, 6.07) is 0. The maximum absolute atomic E-state index is 12.2. The molecule has 0 saturated carbocycles. The van der Waals surface area contributed by atoms with Crippen LogP contribution in [-0.2, 0) is 9.59 Å². The number of likely N-dealkylation sites (tertiary alicyclic amines) is 1. The van der Waals surface area contributed by atoms with Gasteiger partial charge in [-0.2, -0.15) is 11.8 Å². The second kappa shape index (κ2) is 6.45. The number of hydrogen-bond donors (Lipinski definition) is 1. The van der Waals surface area contributed by atoms with Crippen molar-refractivity contribution in [3.05, 3.63) is 0 Å². The molecule has 18 heavy (non-hydrogen) atoms. The van der Waals surface area contributed by atoms with Crippen LogP contribution in [0.25, 0.3) is 0 Å². The lowest BCUT2D eigenvalue weighted by molar-refractivity contribution is -0.139. The average Bonchev–Trinajstić information content (AvgIpc) is 2.90. The standard InChI is InChI=1S/C13H21NO3S/c15-12(16)2-1-10-3-6-14(7-4-10)13(17)11-5-8-18-9-11/h10-11H,1-9H2,(H,15,16). The Morgan fingerprint density at radius 1 is 1.22 bits per heavy atom. The summed E-state index contributed by atoms with van der Waals surface area (Å²) in [7, 11) is 0. The number of rotatable bonds is 4. The highest BCUT2D eigenvalue weighted by molar-refractivity contribution is 7.99. The fourth-order valence-corrected chi connectivity index (χ4v) is 3.97. The van der Waals surface area contributed by atoms with Crippen molar-refractivity contribution in [1.29, 1.82) is 0 Å². The van der Waals surface area contributed by atoms with Crippen molar-refractivity contribution in [3.8, 4) is 0 Å². The number of carbonyl (C=O) groups is 2. The maximum atomic E-state index is 12.2. The minimum absolute atomic E-state index is 0.241. The molecule has 2 aliphatic rings. The van der Waals surface area contributed by atoms with E-state index in [0.29, 0.717) is 11.8 Å². The lowest BCUT2D eigenvalue weighted by atomic mass is 9.91. The predicted molar refractivity (Wildman–Crippen MR) is 71.6 cm³/mol. The Kier molecular flexibility index (Phi) is 4.92. The molecule has 4 nitrogen and oxygen atoms in total. The SMILES string of the molecule is O=C(O)CCC1CCN(C(=O)C2CCSC2)CC1. The third-order valence-corrected chi connectivity index (χ3v) is 5.13. The number of aliphatic carboxylic acids is 1. The predicted octanol–water partition coefficient (Wildman–Crippen LogP) is 1.84. The summed E-state index contributed by atoms with van der Waals surface area (Å²) < 4.78 is 0. The van der Waals surface area contributed by atoms with Crippen LogP contribution in [0, 0.1) is 11.8 Å². The molecule has 0 aromatic heterocycles. The number of piperidine rings is 1. The average molecular weight is 271 g/mol. The Hall–Kier alpha value is -0.710. The van der Waals surface area contributed by atoms with Gasteiger partial charge in [0.25, 0.3) is 0 Å². The first-order chi connectivity index (χ1) is 8.66.